The Balaban J connectivity index is 2.00. The summed E-state index contributed by atoms with van der Waals surface area (Å²) in [5.41, 5.74) is 2.27. The molecule has 2 rings (SSSR count). The van der Waals surface area contributed by atoms with E-state index >= 15 is 0 Å². The van der Waals surface area contributed by atoms with Gasteiger partial charge in [0.1, 0.15) is 15.0 Å². The van der Waals surface area contributed by atoms with E-state index in [1.165, 1.54) is 63.0 Å². The van der Waals surface area contributed by atoms with E-state index < -0.39 is 10.1 Å². The van der Waals surface area contributed by atoms with Crippen molar-refractivity contribution in [3.05, 3.63) is 53.6 Å². The highest BCUT2D eigenvalue weighted by molar-refractivity contribution is 7.87. The molecule has 0 fully saturated rings. The van der Waals surface area contributed by atoms with E-state index in [1.54, 1.807) is 6.07 Å². The molecule has 0 saturated heterocycles. The Kier molecular flexibility index (Phi) is 11.5. The number of hydrogen-bond donors (Lipinski definition) is 0. The zero-order valence-electron chi connectivity index (χ0n) is 20.9. The summed E-state index contributed by atoms with van der Waals surface area (Å²) in [5.74, 6) is 0. The van der Waals surface area contributed by atoms with E-state index in [4.69, 9.17) is 0 Å². The van der Waals surface area contributed by atoms with Gasteiger partial charge in [0.2, 0.25) is 0 Å². The first kappa shape index (κ1) is 27.9. The van der Waals surface area contributed by atoms with Crippen LogP contribution in [-0.4, -0.2) is 13.0 Å². The summed E-state index contributed by atoms with van der Waals surface area (Å²) in [6.45, 7) is 8.76. The van der Waals surface area contributed by atoms with Crippen molar-refractivity contribution in [3.8, 4) is 0 Å². The predicted octanol–water partition coefficient (Wildman–Crippen LogP) is 7.58. The summed E-state index contributed by atoms with van der Waals surface area (Å²) in [6.07, 6.45) is 13.4. The lowest BCUT2D eigenvalue weighted by Crippen LogP contribution is -2.10. The van der Waals surface area contributed by atoms with Gasteiger partial charge in [-0.05, 0) is 42.0 Å². The molecular weight excluding hydrogens is 448 g/mol. The maximum Gasteiger partial charge on any atom is 0.178 e. The Bertz CT molecular complexity index is 942. The maximum atomic E-state index is 12.0. The quantitative estimate of drug-likeness (QED) is 0.119. The molecular formula is C28H42O3S2. The SMILES string of the molecule is CCCCCCCCCCCCc1cccc(S(=O)(=O)[O-])c1[SH+]c1ccc(C(C)(C)C)cc1. The molecule has 2 aromatic carbocycles. The number of rotatable bonds is 14. The molecule has 0 atom stereocenters. The Labute approximate surface area is 206 Å². The minimum absolute atomic E-state index is 0.0619. The lowest BCUT2D eigenvalue weighted by molar-refractivity contribution is 0.460. The second-order valence-corrected chi connectivity index (χ2v) is 12.6. The summed E-state index contributed by atoms with van der Waals surface area (Å²) in [4.78, 5) is 1.57. The van der Waals surface area contributed by atoms with E-state index in [-0.39, 0.29) is 10.3 Å². The van der Waals surface area contributed by atoms with Crippen LogP contribution in [0.15, 0.2) is 57.2 Å². The third kappa shape index (κ3) is 9.84. The minimum atomic E-state index is -4.52. The summed E-state index contributed by atoms with van der Waals surface area (Å²) in [7, 11) is -4.52. The van der Waals surface area contributed by atoms with Gasteiger partial charge in [0.15, 0.2) is 9.79 Å². The van der Waals surface area contributed by atoms with Gasteiger partial charge in [-0.25, -0.2) is 8.42 Å². The second kappa shape index (κ2) is 13.6. The molecule has 5 heteroatoms. The van der Waals surface area contributed by atoms with Crippen LogP contribution in [0.2, 0.25) is 0 Å². The van der Waals surface area contributed by atoms with Crippen molar-refractivity contribution in [1.82, 2.24) is 0 Å². The smallest absolute Gasteiger partial charge is 0.178 e. The molecule has 2 aromatic rings. The van der Waals surface area contributed by atoms with Crippen LogP contribution in [0.3, 0.4) is 0 Å². The molecule has 0 N–H and O–H groups in total. The van der Waals surface area contributed by atoms with E-state index in [2.05, 4.69) is 39.8 Å². The van der Waals surface area contributed by atoms with Crippen molar-refractivity contribution in [2.45, 2.75) is 118 Å². The topological polar surface area (TPSA) is 57.2 Å². The fourth-order valence-electron chi connectivity index (χ4n) is 4.07. The number of benzene rings is 2. The van der Waals surface area contributed by atoms with Crippen LogP contribution in [-0.2, 0) is 33.7 Å². The van der Waals surface area contributed by atoms with Crippen molar-refractivity contribution in [3.63, 3.8) is 0 Å². The Hall–Kier alpha value is -1.30. The Morgan fingerprint density at radius 3 is 1.85 bits per heavy atom. The van der Waals surface area contributed by atoms with Crippen LogP contribution in [0.25, 0.3) is 0 Å². The highest BCUT2D eigenvalue weighted by atomic mass is 32.2. The van der Waals surface area contributed by atoms with Crippen LogP contribution < -0.4 is 0 Å². The van der Waals surface area contributed by atoms with Crippen LogP contribution in [0.4, 0.5) is 0 Å². The molecule has 184 valence electrons. The van der Waals surface area contributed by atoms with Crippen molar-refractivity contribution in [1.29, 1.82) is 0 Å². The van der Waals surface area contributed by atoms with Gasteiger partial charge >= 0.3 is 0 Å². The van der Waals surface area contributed by atoms with Gasteiger partial charge in [0.25, 0.3) is 0 Å². The first-order chi connectivity index (χ1) is 15.6. The molecule has 0 aliphatic rings. The second-order valence-electron chi connectivity index (χ2n) is 10.1. The van der Waals surface area contributed by atoms with Gasteiger partial charge < -0.3 is 4.55 Å². The van der Waals surface area contributed by atoms with Gasteiger partial charge in [-0.15, -0.1) is 0 Å². The molecule has 0 spiro atoms. The zero-order valence-corrected chi connectivity index (χ0v) is 22.6. The van der Waals surface area contributed by atoms with Gasteiger partial charge in [-0.1, -0.05) is 110 Å². The first-order valence-electron chi connectivity index (χ1n) is 12.5. The predicted molar refractivity (Wildman–Crippen MR) is 140 cm³/mol. The third-order valence-electron chi connectivity index (χ3n) is 6.13. The normalized spacial score (nSPS) is 12.3. The lowest BCUT2D eigenvalue weighted by Gasteiger charge is -2.18. The number of hydrogen-bond acceptors (Lipinski definition) is 3. The van der Waals surface area contributed by atoms with E-state index in [0.29, 0.717) is 4.90 Å². The van der Waals surface area contributed by atoms with E-state index in [0.717, 1.165) is 41.5 Å². The maximum absolute atomic E-state index is 12.0. The van der Waals surface area contributed by atoms with Gasteiger partial charge in [-0.3, -0.25) is 0 Å². The molecule has 0 aliphatic carbocycles. The standard InChI is InChI=1S/C28H42O3S2/c1-5-6-7-8-9-10-11-12-13-14-16-23-17-15-18-26(33(29,30)31)27(23)32-25-21-19-24(20-22-25)28(2,3)4/h15,17-22H,5-14,16H2,1-4H3,(H,29,30,31). The molecule has 3 nitrogen and oxygen atoms in total. The monoisotopic (exact) mass is 490 g/mol. The summed E-state index contributed by atoms with van der Waals surface area (Å²) in [6, 6.07) is 13.4. The number of aryl methyl sites for hydroxylation is 1. The van der Waals surface area contributed by atoms with Crippen LogP contribution >= 0.6 is 0 Å². The van der Waals surface area contributed by atoms with Crippen molar-refractivity contribution in [2.75, 3.05) is 0 Å². The van der Waals surface area contributed by atoms with Gasteiger partial charge in [0, 0.05) is 17.3 Å². The Morgan fingerprint density at radius 2 is 1.33 bits per heavy atom. The summed E-state index contributed by atoms with van der Waals surface area (Å²) in [5, 5.41) is 0. The summed E-state index contributed by atoms with van der Waals surface area (Å²) < 4.78 is 35.9. The Morgan fingerprint density at radius 1 is 0.788 bits per heavy atom. The van der Waals surface area contributed by atoms with Gasteiger partial charge in [0.05, 0.1) is 0 Å². The minimum Gasteiger partial charge on any atom is -0.744 e. The van der Waals surface area contributed by atoms with Gasteiger partial charge in [-0.2, -0.15) is 0 Å². The van der Waals surface area contributed by atoms with Crippen LogP contribution in [0.1, 0.15) is 103 Å². The molecule has 0 bridgehead atoms. The van der Waals surface area contributed by atoms with E-state index in [9.17, 15) is 13.0 Å². The van der Waals surface area contributed by atoms with Crippen molar-refractivity contribution < 1.29 is 13.0 Å². The van der Waals surface area contributed by atoms with Crippen LogP contribution in [0, 0.1) is 0 Å². The number of thiol groups is 1. The first-order valence-corrected chi connectivity index (χ1v) is 14.8. The highest BCUT2D eigenvalue weighted by Crippen LogP contribution is 2.28. The molecule has 0 aromatic heterocycles. The fourth-order valence-corrected chi connectivity index (χ4v) is 6.22. The lowest BCUT2D eigenvalue weighted by atomic mass is 9.87. The van der Waals surface area contributed by atoms with Crippen molar-refractivity contribution >= 4 is 21.9 Å². The molecule has 0 unspecified atom stereocenters. The zero-order chi connectivity index (χ0) is 24.3. The average Bonchev–Trinajstić information content (AvgIpc) is 2.75. The molecule has 0 radical (unpaired) electrons. The molecule has 0 saturated carbocycles. The summed E-state index contributed by atoms with van der Waals surface area (Å²) >= 11 is 0.775. The largest absolute Gasteiger partial charge is 0.744 e. The molecule has 0 heterocycles. The molecule has 0 aliphatic heterocycles. The number of unbranched alkanes of at least 4 members (excludes halogenated alkanes) is 9. The van der Waals surface area contributed by atoms with Crippen molar-refractivity contribution in [2.24, 2.45) is 0 Å². The average molecular weight is 491 g/mol. The van der Waals surface area contributed by atoms with E-state index in [1.807, 2.05) is 18.2 Å². The van der Waals surface area contributed by atoms with Crippen LogP contribution in [0.5, 0.6) is 0 Å². The fraction of sp³-hybridized carbons (Fsp3) is 0.571. The molecule has 0 amide bonds. The highest BCUT2D eigenvalue weighted by Gasteiger charge is 2.22. The third-order valence-corrected chi connectivity index (χ3v) is 8.46. The molecule has 33 heavy (non-hydrogen) atoms.